The Labute approximate surface area is 90.3 Å². The molecule has 0 unspecified atom stereocenters. The van der Waals surface area contributed by atoms with Gasteiger partial charge in [-0.25, -0.2) is 4.68 Å². The van der Waals surface area contributed by atoms with Gasteiger partial charge in [0.15, 0.2) is 0 Å². The summed E-state index contributed by atoms with van der Waals surface area (Å²) in [5.74, 6) is -0.179. The van der Waals surface area contributed by atoms with Crippen LogP contribution in [0.4, 0.5) is 0 Å². The van der Waals surface area contributed by atoms with Gasteiger partial charge >= 0.3 is 0 Å². The minimum Gasteiger partial charge on any atom is -0.285 e. The average molecular weight is 223 g/mol. The molecule has 0 spiro atoms. The zero-order valence-electron chi connectivity index (χ0n) is 8.12. The predicted molar refractivity (Wildman–Crippen MR) is 53.7 cm³/mol. The smallest absolute Gasteiger partial charge is 0.233 e. The van der Waals surface area contributed by atoms with Crippen LogP contribution in [-0.2, 0) is 6.54 Å². The Morgan fingerprint density at radius 3 is 3.07 bits per heavy atom. The molecule has 0 N–H and O–H groups in total. The molecule has 0 bridgehead atoms. The van der Waals surface area contributed by atoms with E-state index in [-0.39, 0.29) is 5.78 Å². The molecule has 2 aromatic heterocycles. The van der Waals surface area contributed by atoms with E-state index in [1.807, 2.05) is 6.92 Å². The van der Waals surface area contributed by atoms with E-state index < -0.39 is 0 Å². The number of carbonyl (C=O) groups is 1. The van der Waals surface area contributed by atoms with E-state index in [4.69, 9.17) is 0 Å². The fraction of sp³-hybridized carbons (Fsp3) is 0.375. The normalized spacial score (nSPS) is 10.5. The molecular formula is C8H9N5OS. The lowest BCUT2D eigenvalue weighted by molar-refractivity contribution is 0.102. The van der Waals surface area contributed by atoms with Gasteiger partial charge in [-0.2, -0.15) is 8.75 Å². The van der Waals surface area contributed by atoms with Crippen LogP contribution in [0.25, 0.3) is 0 Å². The highest BCUT2D eigenvalue weighted by Crippen LogP contribution is 2.06. The average Bonchev–Trinajstić information content (AvgIpc) is 2.87. The summed E-state index contributed by atoms with van der Waals surface area (Å²) in [6.45, 7) is 2.69. The van der Waals surface area contributed by atoms with Gasteiger partial charge in [0.1, 0.15) is 11.4 Å². The third-order valence-electron chi connectivity index (χ3n) is 1.88. The van der Waals surface area contributed by atoms with Crippen LogP contribution in [-0.4, -0.2) is 29.5 Å². The van der Waals surface area contributed by atoms with Crippen LogP contribution >= 0.6 is 11.7 Å². The van der Waals surface area contributed by atoms with Crippen molar-refractivity contribution < 1.29 is 4.79 Å². The van der Waals surface area contributed by atoms with E-state index in [1.54, 1.807) is 4.68 Å². The second-order valence-corrected chi connectivity index (χ2v) is 3.52. The standard InChI is InChI=1S/C8H9N5OS/c1-2-3-13-7(5-9-12-13)8(14)6-4-10-15-11-6/h4-5H,2-3H2,1H3. The van der Waals surface area contributed by atoms with E-state index >= 15 is 0 Å². The van der Waals surface area contributed by atoms with Crippen LogP contribution in [0.2, 0.25) is 0 Å². The maximum absolute atomic E-state index is 11.9. The highest BCUT2D eigenvalue weighted by atomic mass is 32.1. The molecule has 0 aliphatic heterocycles. The summed E-state index contributed by atoms with van der Waals surface area (Å²) in [4.78, 5) is 11.9. The first-order valence-corrected chi connectivity index (χ1v) is 5.26. The third-order valence-corrected chi connectivity index (χ3v) is 2.36. The predicted octanol–water partition coefficient (Wildman–Crippen LogP) is 0.771. The molecule has 0 fully saturated rings. The van der Waals surface area contributed by atoms with Crippen molar-refractivity contribution in [3.8, 4) is 0 Å². The van der Waals surface area contributed by atoms with Gasteiger partial charge in [0.25, 0.3) is 0 Å². The van der Waals surface area contributed by atoms with E-state index in [0.29, 0.717) is 17.9 Å². The Morgan fingerprint density at radius 1 is 1.53 bits per heavy atom. The van der Waals surface area contributed by atoms with Crippen LogP contribution in [0, 0.1) is 0 Å². The molecule has 0 aliphatic carbocycles. The van der Waals surface area contributed by atoms with E-state index in [2.05, 4.69) is 19.1 Å². The molecule has 0 saturated heterocycles. The molecule has 0 amide bonds. The highest BCUT2D eigenvalue weighted by Gasteiger charge is 2.17. The van der Waals surface area contributed by atoms with Gasteiger partial charge in [-0.1, -0.05) is 12.1 Å². The second-order valence-electron chi connectivity index (χ2n) is 2.96. The Balaban J connectivity index is 2.29. The van der Waals surface area contributed by atoms with Crippen molar-refractivity contribution in [2.75, 3.05) is 0 Å². The molecule has 0 aromatic carbocycles. The van der Waals surface area contributed by atoms with Gasteiger partial charge in [-0.05, 0) is 6.42 Å². The Kier molecular flexibility index (Phi) is 2.82. The molecule has 0 saturated carbocycles. The Morgan fingerprint density at radius 2 is 2.40 bits per heavy atom. The summed E-state index contributed by atoms with van der Waals surface area (Å²) in [6.07, 6.45) is 3.81. The number of nitrogens with zero attached hydrogens (tertiary/aromatic N) is 5. The number of ketones is 1. The lowest BCUT2D eigenvalue weighted by atomic mass is 10.2. The summed E-state index contributed by atoms with van der Waals surface area (Å²) in [7, 11) is 0. The first kappa shape index (κ1) is 9.91. The van der Waals surface area contributed by atoms with Gasteiger partial charge in [0, 0.05) is 6.54 Å². The molecule has 7 heteroatoms. The monoisotopic (exact) mass is 223 g/mol. The SMILES string of the molecule is CCCn1nncc1C(=O)c1cnsn1. The Bertz CT molecular complexity index is 449. The first-order valence-electron chi connectivity index (χ1n) is 4.53. The van der Waals surface area contributed by atoms with Crippen molar-refractivity contribution >= 4 is 17.5 Å². The number of hydrogen-bond acceptors (Lipinski definition) is 6. The number of aryl methyl sites for hydroxylation is 1. The topological polar surface area (TPSA) is 73.6 Å². The van der Waals surface area contributed by atoms with Gasteiger partial charge < -0.3 is 0 Å². The third kappa shape index (κ3) is 1.91. The summed E-state index contributed by atoms with van der Waals surface area (Å²) in [5.41, 5.74) is 0.809. The number of aromatic nitrogens is 5. The fourth-order valence-electron chi connectivity index (χ4n) is 1.21. The van der Waals surface area contributed by atoms with Crippen LogP contribution in [0.3, 0.4) is 0 Å². The molecule has 2 heterocycles. The van der Waals surface area contributed by atoms with Crippen molar-refractivity contribution in [2.24, 2.45) is 0 Å². The van der Waals surface area contributed by atoms with E-state index in [9.17, 15) is 4.79 Å². The number of hydrogen-bond donors (Lipinski definition) is 0. The largest absolute Gasteiger partial charge is 0.285 e. The molecular weight excluding hydrogens is 214 g/mol. The maximum Gasteiger partial charge on any atom is 0.233 e. The molecule has 15 heavy (non-hydrogen) atoms. The summed E-state index contributed by atoms with van der Waals surface area (Å²) < 4.78 is 9.26. The van der Waals surface area contributed by atoms with Gasteiger partial charge in [0.05, 0.1) is 24.1 Å². The van der Waals surface area contributed by atoms with Crippen LogP contribution < -0.4 is 0 Å². The van der Waals surface area contributed by atoms with Crippen LogP contribution in [0.5, 0.6) is 0 Å². The second kappa shape index (κ2) is 4.26. The van der Waals surface area contributed by atoms with Gasteiger partial charge in [-0.15, -0.1) is 5.10 Å². The van der Waals surface area contributed by atoms with Gasteiger partial charge in [0.2, 0.25) is 5.78 Å². The molecule has 6 nitrogen and oxygen atoms in total. The molecule has 2 aromatic rings. The zero-order chi connectivity index (χ0) is 10.7. The maximum atomic E-state index is 11.9. The Hall–Kier alpha value is -1.63. The van der Waals surface area contributed by atoms with Crippen molar-refractivity contribution in [1.82, 2.24) is 23.7 Å². The van der Waals surface area contributed by atoms with Crippen molar-refractivity contribution in [3.05, 3.63) is 23.8 Å². The van der Waals surface area contributed by atoms with Crippen molar-refractivity contribution in [2.45, 2.75) is 19.9 Å². The zero-order valence-corrected chi connectivity index (χ0v) is 8.94. The van der Waals surface area contributed by atoms with Gasteiger partial charge in [-0.3, -0.25) is 4.79 Å². The summed E-state index contributed by atoms with van der Waals surface area (Å²) >= 11 is 1.01. The van der Waals surface area contributed by atoms with Crippen LogP contribution in [0.1, 0.15) is 29.5 Å². The van der Waals surface area contributed by atoms with Crippen molar-refractivity contribution in [1.29, 1.82) is 0 Å². The fourth-order valence-corrected chi connectivity index (χ4v) is 1.62. The molecule has 0 atom stereocenters. The van der Waals surface area contributed by atoms with E-state index in [0.717, 1.165) is 18.1 Å². The molecule has 0 aliphatic rings. The minimum atomic E-state index is -0.179. The highest BCUT2D eigenvalue weighted by molar-refractivity contribution is 6.99. The number of carbonyl (C=O) groups excluding carboxylic acids is 1. The van der Waals surface area contributed by atoms with E-state index in [1.165, 1.54) is 12.4 Å². The quantitative estimate of drug-likeness (QED) is 0.716. The molecule has 78 valence electrons. The number of rotatable bonds is 4. The van der Waals surface area contributed by atoms with Crippen LogP contribution in [0.15, 0.2) is 12.4 Å². The minimum absolute atomic E-state index is 0.179. The molecule has 0 radical (unpaired) electrons. The molecule has 2 rings (SSSR count). The lowest BCUT2D eigenvalue weighted by Crippen LogP contribution is -2.11. The van der Waals surface area contributed by atoms with Crippen molar-refractivity contribution in [3.63, 3.8) is 0 Å². The first-order chi connectivity index (χ1) is 7.33. The lowest BCUT2D eigenvalue weighted by Gasteiger charge is -2.00. The summed E-state index contributed by atoms with van der Waals surface area (Å²) in [5, 5.41) is 7.56. The summed E-state index contributed by atoms with van der Waals surface area (Å²) in [6, 6.07) is 0.